The molecule has 2 atom stereocenters. The number of rotatable bonds is 6. The van der Waals surface area contributed by atoms with Crippen LogP contribution in [-0.4, -0.2) is 29.6 Å². The first-order valence-electron chi connectivity index (χ1n) is 5.79. The molecule has 0 aliphatic heterocycles. The molecule has 0 aromatic heterocycles. The van der Waals surface area contributed by atoms with Gasteiger partial charge in [0.05, 0.1) is 0 Å². The van der Waals surface area contributed by atoms with Gasteiger partial charge in [0.15, 0.2) is 0 Å². The smallest absolute Gasteiger partial charge is 0.327 e. The van der Waals surface area contributed by atoms with Crippen LogP contribution in [0.4, 0.5) is 0 Å². The second kappa shape index (κ2) is 6.76. The maximum Gasteiger partial charge on any atom is 0.327 e. The maximum atomic E-state index is 10.9. The van der Waals surface area contributed by atoms with Gasteiger partial charge in [-0.15, -0.1) is 0 Å². The summed E-state index contributed by atoms with van der Waals surface area (Å²) in [6, 6.07) is 8.83. The third-order valence-corrected chi connectivity index (χ3v) is 2.60. The normalized spacial score (nSPS) is 13.7. The lowest BCUT2D eigenvalue weighted by atomic mass is 10.1. The number of hydrogen-bond donors (Lipinski definition) is 3. The van der Waals surface area contributed by atoms with Gasteiger partial charge >= 0.3 is 5.97 Å². The monoisotopic (exact) mass is 250 g/mol. The van der Waals surface area contributed by atoms with E-state index < -0.39 is 12.0 Å². The zero-order chi connectivity index (χ0) is 13.5. The summed E-state index contributed by atoms with van der Waals surface area (Å²) >= 11 is 0. The van der Waals surface area contributed by atoms with Gasteiger partial charge < -0.3 is 15.7 Å². The second-order valence-electron chi connectivity index (χ2n) is 4.13. The standard InChI is InChI=1S/C13H18N2O3/c1-9(11-6-4-3-5-7-11)14-8-12(13(17)18)15-10(2)16/h3-7,9,12,14H,8H2,1-2H3,(H,15,16)(H,17,18)/t9-,12?/m0/s1. The number of amides is 1. The number of benzene rings is 1. The molecule has 5 heteroatoms. The van der Waals surface area contributed by atoms with E-state index in [4.69, 9.17) is 5.11 Å². The highest BCUT2D eigenvalue weighted by atomic mass is 16.4. The van der Waals surface area contributed by atoms with E-state index in [1.807, 2.05) is 37.3 Å². The van der Waals surface area contributed by atoms with E-state index >= 15 is 0 Å². The molecule has 0 aliphatic carbocycles. The van der Waals surface area contributed by atoms with Gasteiger partial charge in [-0.25, -0.2) is 4.79 Å². The molecule has 0 heterocycles. The molecule has 1 amide bonds. The number of aliphatic carboxylic acids is 1. The molecule has 1 aromatic carbocycles. The Bertz CT molecular complexity index is 406. The molecule has 5 nitrogen and oxygen atoms in total. The van der Waals surface area contributed by atoms with Crippen LogP contribution in [0.15, 0.2) is 30.3 Å². The van der Waals surface area contributed by atoms with Crippen molar-refractivity contribution in [2.75, 3.05) is 6.54 Å². The molecule has 0 spiro atoms. The van der Waals surface area contributed by atoms with Crippen molar-refractivity contribution in [3.8, 4) is 0 Å². The molecule has 0 saturated carbocycles. The highest BCUT2D eigenvalue weighted by molar-refractivity contribution is 5.82. The minimum absolute atomic E-state index is 0.0295. The molecule has 3 N–H and O–H groups in total. The Kier molecular flexibility index (Phi) is 5.32. The Morgan fingerprint density at radius 1 is 1.28 bits per heavy atom. The highest BCUT2D eigenvalue weighted by Crippen LogP contribution is 2.10. The van der Waals surface area contributed by atoms with Gasteiger partial charge in [-0.3, -0.25) is 4.79 Å². The number of hydrogen-bond acceptors (Lipinski definition) is 3. The van der Waals surface area contributed by atoms with Crippen LogP contribution in [-0.2, 0) is 9.59 Å². The Labute approximate surface area is 106 Å². The van der Waals surface area contributed by atoms with Crippen LogP contribution in [0.5, 0.6) is 0 Å². The minimum Gasteiger partial charge on any atom is -0.480 e. The van der Waals surface area contributed by atoms with Crippen molar-refractivity contribution in [3.05, 3.63) is 35.9 Å². The molecule has 18 heavy (non-hydrogen) atoms. The van der Waals surface area contributed by atoms with E-state index in [-0.39, 0.29) is 18.5 Å². The van der Waals surface area contributed by atoms with Gasteiger partial charge in [0.2, 0.25) is 5.91 Å². The summed E-state index contributed by atoms with van der Waals surface area (Å²) in [5.74, 6) is -1.39. The van der Waals surface area contributed by atoms with Crippen LogP contribution in [0.25, 0.3) is 0 Å². The lowest BCUT2D eigenvalue weighted by Crippen LogP contribution is -2.46. The zero-order valence-corrected chi connectivity index (χ0v) is 10.5. The molecule has 0 bridgehead atoms. The van der Waals surface area contributed by atoms with E-state index in [2.05, 4.69) is 10.6 Å². The third-order valence-electron chi connectivity index (χ3n) is 2.60. The number of carboxylic acid groups (broad SMARTS) is 1. The summed E-state index contributed by atoms with van der Waals surface area (Å²) in [5.41, 5.74) is 1.07. The molecular formula is C13H18N2O3. The van der Waals surface area contributed by atoms with Crippen molar-refractivity contribution < 1.29 is 14.7 Å². The largest absolute Gasteiger partial charge is 0.480 e. The maximum absolute atomic E-state index is 10.9. The van der Waals surface area contributed by atoms with Crippen LogP contribution < -0.4 is 10.6 Å². The first-order valence-corrected chi connectivity index (χ1v) is 5.79. The molecule has 0 fully saturated rings. The van der Waals surface area contributed by atoms with E-state index in [0.29, 0.717) is 0 Å². The number of carbonyl (C=O) groups excluding carboxylic acids is 1. The summed E-state index contributed by atoms with van der Waals surface area (Å²) < 4.78 is 0. The second-order valence-corrected chi connectivity index (χ2v) is 4.13. The predicted octanol–water partition coefficient (Wildman–Crippen LogP) is 0.926. The number of carbonyl (C=O) groups is 2. The fraction of sp³-hybridized carbons (Fsp3) is 0.385. The number of nitrogens with one attached hydrogen (secondary N) is 2. The van der Waals surface area contributed by atoms with Crippen molar-refractivity contribution in [1.82, 2.24) is 10.6 Å². The average Bonchev–Trinajstić information content (AvgIpc) is 2.34. The summed E-state index contributed by atoms with van der Waals surface area (Å²) in [6.45, 7) is 3.43. The zero-order valence-electron chi connectivity index (χ0n) is 10.5. The summed E-state index contributed by atoms with van der Waals surface area (Å²) in [5, 5.41) is 14.4. The van der Waals surface area contributed by atoms with E-state index in [9.17, 15) is 9.59 Å². The van der Waals surface area contributed by atoms with Crippen LogP contribution in [0.2, 0.25) is 0 Å². The predicted molar refractivity (Wildman–Crippen MR) is 68.1 cm³/mol. The van der Waals surface area contributed by atoms with Crippen LogP contribution in [0, 0.1) is 0 Å². The Morgan fingerprint density at radius 3 is 2.39 bits per heavy atom. The first-order chi connectivity index (χ1) is 8.50. The van der Waals surface area contributed by atoms with Crippen LogP contribution in [0.3, 0.4) is 0 Å². The first kappa shape index (κ1) is 14.2. The fourth-order valence-corrected chi connectivity index (χ4v) is 1.60. The molecule has 1 rings (SSSR count). The molecule has 98 valence electrons. The Balaban J connectivity index is 2.52. The van der Waals surface area contributed by atoms with Gasteiger partial charge in [0, 0.05) is 19.5 Å². The van der Waals surface area contributed by atoms with Gasteiger partial charge in [0.25, 0.3) is 0 Å². The highest BCUT2D eigenvalue weighted by Gasteiger charge is 2.18. The third kappa shape index (κ3) is 4.55. The van der Waals surface area contributed by atoms with E-state index in [0.717, 1.165) is 5.56 Å². The van der Waals surface area contributed by atoms with Gasteiger partial charge in [-0.2, -0.15) is 0 Å². The summed E-state index contributed by atoms with van der Waals surface area (Å²) in [7, 11) is 0. The number of carboxylic acids is 1. The fourth-order valence-electron chi connectivity index (χ4n) is 1.60. The van der Waals surface area contributed by atoms with Crippen molar-refractivity contribution in [2.45, 2.75) is 25.9 Å². The van der Waals surface area contributed by atoms with Gasteiger partial charge in [-0.1, -0.05) is 30.3 Å². The van der Waals surface area contributed by atoms with Crippen molar-refractivity contribution in [1.29, 1.82) is 0 Å². The van der Waals surface area contributed by atoms with E-state index in [1.54, 1.807) is 0 Å². The molecule has 0 saturated heterocycles. The van der Waals surface area contributed by atoms with Gasteiger partial charge in [-0.05, 0) is 12.5 Å². The molecule has 0 radical (unpaired) electrons. The quantitative estimate of drug-likeness (QED) is 0.701. The lowest BCUT2D eigenvalue weighted by Gasteiger charge is -2.18. The SMILES string of the molecule is CC(=O)NC(CN[C@@H](C)c1ccccc1)C(=O)O. The topological polar surface area (TPSA) is 78.4 Å². The lowest BCUT2D eigenvalue weighted by molar-refractivity contribution is -0.141. The average molecular weight is 250 g/mol. The Morgan fingerprint density at radius 2 is 1.89 bits per heavy atom. The van der Waals surface area contributed by atoms with Crippen molar-refractivity contribution in [2.24, 2.45) is 0 Å². The van der Waals surface area contributed by atoms with Crippen LogP contribution in [0.1, 0.15) is 25.5 Å². The van der Waals surface area contributed by atoms with Crippen LogP contribution >= 0.6 is 0 Å². The molecule has 1 unspecified atom stereocenters. The van der Waals surface area contributed by atoms with E-state index in [1.165, 1.54) is 6.92 Å². The molecular weight excluding hydrogens is 232 g/mol. The van der Waals surface area contributed by atoms with Crippen molar-refractivity contribution >= 4 is 11.9 Å². The Hall–Kier alpha value is -1.88. The van der Waals surface area contributed by atoms with Gasteiger partial charge in [0.1, 0.15) is 6.04 Å². The molecule has 1 aromatic rings. The molecule has 0 aliphatic rings. The summed E-state index contributed by atoms with van der Waals surface area (Å²) in [4.78, 5) is 21.8. The minimum atomic E-state index is -1.04. The summed E-state index contributed by atoms with van der Waals surface area (Å²) in [6.07, 6.45) is 0. The van der Waals surface area contributed by atoms with Crippen molar-refractivity contribution in [3.63, 3.8) is 0 Å².